The summed E-state index contributed by atoms with van der Waals surface area (Å²) >= 11 is 0. The van der Waals surface area contributed by atoms with E-state index in [2.05, 4.69) is 22.3 Å². The summed E-state index contributed by atoms with van der Waals surface area (Å²) in [6, 6.07) is 5.39. The molecule has 0 bridgehead atoms. The molecule has 0 saturated heterocycles. The van der Waals surface area contributed by atoms with Crippen LogP contribution in [0.15, 0.2) is 30.6 Å². The van der Waals surface area contributed by atoms with E-state index in [4.69, 9.17) is 0 Å². The second kappa shape index (κ2) is 7.14. The zero-order valence-corrected chi connectivity index (χ0v) is 12.0. The van der Waals surface area contributed by atoms with Crippen molar-refractivity contribution in [1.82, 2.24) is 20.1 Å². The lowest BCUT2D eigenvalue weighted by molar-refractivity contribution is 0.479. The van der Waals surface area contributed by atoms with Crippen LogP contribution in [0.4, 0.5) is 4.39 Å². The van der Waals surface area contributed by atoms with Crippen LogP contribution in [0.3, 0.4) is 0 Å². The maximum Gasteiger partial charge on any atom is 0.141 e. The maximum absolute atomic E-state index is 13.0. The number of hydrogen-bond acceptors (Lipinski definition) is 3. The summed E-state index contributed by atoms with van der Waals surface area (Å²) in [6.45, 7) is 3.05. The van der Waals surface area contributed by atoms with E-state index in [-0.39, 0.29) is 11.9 Å². The molecule has 2 aromatic heterocycles. The first kappa shape index (κ1) is 14.7. The third-order valence-corrected chi connectivity index (χ3v) is 3.36. The minimum atomic E-state index is -0.297. The molecular weight excluding hydrogens is 255 g/mol. The number of nitrogens with zero attached hydrogens (tertiary/aromatic N) is 3. The zero-order valence-electron chi connectivity index (χ0n) is 12.0. The van der Waals surface area contributed by atoms with Crippen molar-refractivity contribution in [3.8, 4) is 0 Å². The highest BCUT2D eigenvalue weighted by Gasteiger charge is 2.13. The molecule has 1 unspecified atom stereocenters. The normalized spacial score (nSPS) is 12.6. The second-order valence-corrected chi connectivity index (χ2v) is 4.89. The highest BCUT2D eigenvalue weighted by molar-refractivity contribution is 5.11. The van der Waals surface area contributed by atoms with Crippen molar-refractivity contribution in [3.63, 3.8) is 0 Å². The van der Waals surface area contributed by atoms with Gasteiger partial charge < -0.3 is 5.32 Å². The van der Waals surface area contributed by atoms with Gasteiger partial charge in [-0.2, -0.15) is 5.10 Å². The van der Waals surface area contributed by atoms with E-state index in [0.717, 1.165) is 31.5 Å². The smallest absolute Gasteiger partial charge is 0.141 e. The minimum Gasteiger partial charge on any atom is -0.309 e. The number of hydrogen-bond donors (Lipinski definition) is 1. The number of nitrogens with one attached hydrogen (secondary N) is 1. The zero-order chi connectivity index (χ0) is 14.4. The molecule has 0 aliphatic heterocycles. The molecule has 2 aromatic rings. The average Bonchev–Trinajstić information content (AvgIpc) is 2.86. The molecule has 0 amide bonds. The lowest BCUT2D eigenvalue weighted by atomic mass is 10.1. The van der Waals surface area contributed by atoms with Crippen LogP contribution in [-0.2, 0) is 13.5 Å². The molecule has 4 nitrogen and oxygen atoms in total. The summed E-state index contributed by atoms with van der Waals surface area (Å²) in [4.78, 5) is 4.19. The van der Waals surface area contributed by atoms with Crippen LogP contribution in [-0.4, -0.2) is 21.3 Å². The summed E-state index contributed by atoms with van der Waals surface area (Å²) in [6.07, 6.45) is 5.97. The first-order valence-corrected chi connectivity index (χ1v) is 7.02. The van der Waals surface area contributed by atoms with Gasteiger partial charge in [-0.15, -0.1) is 0 Å². The van der Waals surface area contributed by atoms with Gasteiger partial charge in [0.2, 0.25) is 0 Å². The van der Waals surface area contributed by atoms with Gasteiger partial charge in [-0.3, -0.25) is 9.67 Å². The van der Waals surface area contributed by atoms with Crippen molar-refractivity contribution in [2.75, 3.05) is 6.54 Å². The van der Waals surface area contributed by atoms with Crippen LogP contribution < -0.4 is 5.32 Å². The maximum atomic E-state index is 13.0. The summed E-state index contributed by atoms with van der Waals surface area (Å²) in [7, 11) is 1.94. The highest BCUT2D eigenvalue weighted by atomic mass is 19.1. The molecule has 2 rings (SSSR count). The molecule has 0 spiro atoms. The Morgan fingerprint density at radius 2 is 2.20 bits per heavy atom. The first-order chi connectivity index (χ1) is 9.70. The summed E-state index contributed by atoms with van der Waals surface area (Å²) in [5.41, 5.74) is 2.08. The molecule has 108 valence electrons. The Kier molecular flexibility index (Phi) is 5.24. The second-order valence-electron chi connectivity index (χ2n) is 4.89. The topological polar surface area (TPSA) is 42.7 Å². The average molecular weight is 276 g/mol. The van der Waals surface area contributed by atoms with E-state index < -0.39 is 0 Å². The Morgan fingerprint density at radius 3 is 2.80 bits per heavy atom. The molecule has 0 saturated carbocycles. The lowest BCUT2D eigenvalue weighted by Gasteiger charge is -2.18. The number of pyridine rings is 1. The van der Waals surface area contributed by atoms with Crippen molar-refractivity contribution in [3.05, 3.63) is 47.8 Å². The van der Waals surface area contributed by atoms with Gasteiger partial charge in [-0.05, 0) is 44.0 Å². The van der Waals surface area contributed by atoms with E-state index >= 15 is 0 Å². The van der Waals surface area contributed by atoms with Crippen LogP contribution in [0.2, 0.25) is 0 Å². The molecule has 2 heterocycles. The van der Waals surface area contributed by atoms with E-state index in [1.54, 1.807) is 12.3 Å². The molecule has 0 aliphatic rings. The fourth-order valence-corrected chi connectivity index (χ4v) is 2.21. The van der Waals surface area contributed by atoms with E-state index in [1.807, 2.05) is 17.8 Å². The molecular formula is C15H21FN4. The molecule has 0 fully saturated rings. The van der Waals surface area contributed by atoms with Gasteiger partial charge in [0.15, 0.2) is 0 Å². The van der Waals surface area contributed by atoms with Crippen LogP contribution in [0, 0.1) is 5.82 Å². The van der Waals surface area contributed by atoms with E-state index in [0.29, 0.717) is 0 Å². The molecule has 1 atom stereocenters. The van der Waals surface area contributed by atoms with Crippen molar-refractivity contribution >= 4 is 0 Å². The largest absolute Gasteiger partial charge is 0.309 e. The van der Waals surface area contributed by atoms with Crippen molar-refractivity contribution < 1.29 is 4.39 Å². The van der Waals surface area contributed by atoms with Gasteiger partial charge in [0, 0.05) is 25.0 Å². The van der Waals surface area contributed by atoms with Crippen LogP contribution in [0.25, 0.3) is 0 Å². The summed E-state index contributed by atoms with van der Waals surface area (Å²) < 4.78 is 14.9. The van der Waals surface area contributed by atoms with E-state index in [9.17, 15) is 4.39 Å². The first-order valence-electron chi connectivity index (χ1n) is 7.02. The number of aryl methyl sites for hydroxylation is 2. The van der Waals surface area contributed by atoms with Gasteiger partial charge >= 0.3 is 0 Å². The summed E-state index contributed by atoms with van der Waals surface area (Å²) in [5, 5.41) is 7.64. The molecule has 0 aliphatic carbocycles. The predicted molar refractivity (Wildman–Crippen MR) is 76.8 cm³/mol. The lowest BCUT2D eigenvalue weighted by Crippen LogP contribution is -2.24. The number of halogens is 1. The van der Waals surface area contributed by atoms with Crippen LogP contribution in [0.1, 0.15) is 37.2 Å². The third-order valence-electron chi connectivity index (χ3n) is 3.36. The van der Waals surface area contributed by atoms with Crippen molar-refractivity contribution in [2.45, 2.75) is 32.2 Å². The molecule has 0 radical (unpaired) electrons. The minimum absolute atomic E-state index is 0.144. The van der Waals surface area contributed by atoms with E-state index in [1.165, 1.54) is 18.0 Å². The third kappa shape index (κ3) is 3.87. The molecule has 5 heteroatoms. The molecule has 1 N–H and O–H groups in total. The Balaban J connectivity index is 2.03. The Hall–Kier alpha value is -1.75. The SMILES string of the molecule is CCCNC(CCc1ccnn1C)c1ccc(F)cn1. The standard InChI is InChI=1S/C15H21FN4/c1-3-9-17-14(15-6-4-12(16)11-18-15)7-5-13-8-10-19-20(13)2/h4,6,8,10-11,14,17H,3,5,7,9H2,1-2H3. The van der Waals surface area contributed by atoms with Gasteiger partial charge in [0.1, 0.15) is 5.82 Å². The molecule has 0 aromatic carbocycles. The summed E-state index contributed by atoms with van der Waals surface area (Å²) in [5.74, 6) is -0.297. The van der Waals surface area contributed by atoms with Crippen LogP contribution in [0.5, 0.6) is 0 Å². The fourth-order valence-electron chi connectivity index (χ4n) is 2.21. The monoisotopic (exact) mass is 276 g/mol. The Labute approximate surface area is 119 Å². The van der Waals surface area contributed by atoms with Gasteiger partial charge in [-0.25, -0.2) is 4.39 Å². The van der Waals surface area contributed by atoms with Gasteiger partial charge in [0.05, 0.1) is 11.9 Å². The highest BCUT2D eigenvalue weighted by Crippen LogP contribution is 2.17. The van der Waals surface area contributed by atoms with Gasteiger partial charge in [-0.1, -0.05) is 6.92 Å². The van der Waals surface area contributed by atoms with Gasteiger partial charge in [0.25, 0.3) is 0 Å². The quantitative estimate of drug-likeness (QED) is 0.845. The number of aromatic nitrogens is 3. The van der Waals surface area contributed by atoms with Crippen LogP contribution >= 0.6 is 0 Å². The molecule has 20 heavy (non-hydrogen) atoms. The van der Waals surface area contributed by atoms with Crippen molar-refractivity contribution in [2.24, 2.45) is 7.05 Å². The fraction of sp³-hybridized carbons (Fsp3) is 0.467. The van der Waals surface area contributed by atoms with Crippen molar-refractivity contribution in [1.29, 1.82) is 0 Å². The Morgan fingerprint density at radius 1 is 1.35 bits per heavy atom. The predicted octanol–water partition coefficient (Wildman–Crippen LogP) is 2.63. The Bertz CT molecular complexity index is 521. The number of rotatable bonds is 7.